The molecule has 0 spiro atoms. The lowest BCUT2D eigenvalue weighted by atomic mass is 10.1. The molecule has 0 saturated carbocycles. The minimum Gasteiger partial charge on any atom is -0.478 e. The van der Waals surface area contributed by atoms with Crippen molar-refractivity contribution in [3.63, 3.8) is 0 Å². The van der Waals surface area contributed by atoms with Gasteiger partial charge in [-0.15, -0.1) is 5.10 Å². The third-order valence-corrected chi connectivity index (χ3v) is 2.55. The molecule has 0 aliphatic rings. The second-order valence-electron chi connectivity index (χ2n) is 4.01. The average molecular weight is 260 g/mol. The third-order valence-electron chi connectivity index (χ3n) is 2.55. The topological polar surface area (TPSA) is 97.1 Å². The number of benzene rings is 1. The molecule has 0 aliphatic heterocycles. The van der Waals surface area contributed by atoms with Crippen LogP contribution in [0.25, 0.3) is 0 Å². The monoisotopic (exact) mass is 260 g/mol. The maximum atomic E-state index is 11.8. The number of nitrogens with one attached hydrogen (secondary N) is 1. The highest BCUT2D eigenvalue weighted by atomic mass is 16.4. The Hall–Kier alpha value is -2.70. The number of aryl methyl sites for hydroxylation is 2. The van der Waals surface area contributed by atoms with Crippen molar-refractivity contribution in [2.45, 2.75) is 6.92 Å². The molecule has 2 rings (SSSR count). The lowest BCUT2D eigenvalue weighted by Gasteiger charge is -2.06. The average Bonchev–Trinajstić information content (AvgIpc) is 2.75. The first-order chi connectivity index (χ1) is 8.97. The van der Waals surface area contributed by atoms with Crippen LogP contribution in [0.4, 0.5) is 5.69 Å². The number of carboxylic acid groups (broad SMARTS) is 1. The number of aromatic nitrogens is 3. The van der Waals surface area contributed by atoms with Gasteiger partial charge in [-0.1, -0.05) is 0 Å². The summed E-state index contributed by atoms with van der Waals surface area (Å²) in [7, 11) is 1.61. The zero-order chi connectivity index (χ0) is 14.0. The molecule has 0 bridgehead atoms. The van der Waals surface area contributed by atoms with Crippen LogP contribution in [0.5, 0.6) is 0 Å². The van der Waals surface area contributed by atoms with Gasteiger partial charge in [0.2, 0.25) is 0 Å². The van der Waals surface area contributed by atoms with Crippen LogP contribution < -0.4 is 5.32 Å². The molecule has 0 fully saturated rings. The smallest absolute Gasteiger partial charge is 0.335 e. The summed E-state index contributed by atoms with van der Waals surface area (Å²) in [6.07, 6.45) is 1.35. The van der Waals surface area contributed by atoms with Crippen molar-refractivity contribution in [3.8, 4) is 0 Å². The van der Waals surface area contributed by atoms with Crippen LogP contribution >= 0.6 is 0 Å². The van der Waals surface area contributed by atoms with Gasteiger partial charge >= 0.3 is 5.97 Å². The first-order valence-electron chi connectivity index (χ1n) is 5.49. The number of rotatable bonds is 3. The van der Waals surface area contributed by atoms with Gasteiger partial charge in [0.15, 0.2) is 5.69 Å². The molecule has 98 valence electrons. The lowest BCUT2D eigenvalue weighted by Crippen LogP contribution is -2.13. The van der Waals surface area contributed by atoms with Gasteiger partial charge in [0.05, 0.1) is 11.8 Å². The van der Waals surface area contributed by atoms with E-state index in [0.717, 1.165) is 0 Å². The van der Waals surface area contributed by atoms with Gasteiger partial charge in [-0.05, 0) is 30.7 Å². The van der Waals surface area contributed by atoms with Gasteiger partial charge in [-0.25, -0.2) is 4.79 Å². The molecule has 2 N–H and O–H groups in total. The first kappa shape index (κ1) is 12.7. The summed E-state index contributed by atoms with van der Waals surface area (Å²) in [5.41, 5.74) is 1.49. The zero-order valence-electron chi connectivity index (χ0n) is 10.4. The van der Waals surface area contributed by atoms with Crippen molar-refractivity contribution in [2.75, 3.05) is 5.32 Å². The maximum Gasteiger partial charge on any atom is 0.335 e. The van der Waals surface area contributed by atoms with E-state index in [1.165, 1.54) is 23.1 Å². The molecule has 0 radical (unpaired) electrons. The maximum absolute atomic E-state index is 11.8. The highest BCUT2D eigenvalue weighted by Crippen LogP contribution is 2.15. The third kappa shape index (κ3) is 2.76. The van der Waals surface area contributed by atoms with E-state index < -0.39 is 11.9 Å². The van der Waals surface area contributed by atoms with Gasteiger partial charge in [0, 0.05) is 12.7 Å². The molecule has 1 aromatic heterocycles. The normalized spacial score (nSPS) is 10.2. The van der Waals surface area contributed by atoms with Gasteiger partial charge in [0.25, 0.3) is 5.91 Å². The number of aromatic carboxylic acids is 1. The summed E-state index contributed by atoms with van der Waals surface area (Å²) >= 11 is 0. The van der Waals surface area contributed by atoms with Gasteiger partial charge in [-0.2, -0.15) is 9.90 Å². The van der Waals surface area contributed by atoms with Crippen molar-refractivity contribution in [1.29, 1.82) is 0 Å². The van der Waals surface area contributed by atoms with Gasteiger partial charge in [0.1, 0.15) is 0 Å². The summed E-state index contributed by atoms with van der Waals surface area (Å²) in [5, 5.41) is 19.2. The Morgan fingerprint density at radius 3 is 2.63 bits per heavy atom. The first-order valence-corrected chi connectivity index (χ1v) is 5.49. The SMILES string of the molecule is Cc1cc(NC(=O)c2cnn(C)n2)ccc1C(=O)O. The number of hydrogen-bond acceptors (Lipinski definition) is 4. The molecule has 1 aromatic carbocycles. The van der Waals surface area contributed by atoms with Gasteiger partial charge < -0.3 is 10.4 Å². The standard InChI is InChI=1S/C12H12N4O3/c1-7-5-8(3-4-9(7)12(18)19)14-11(17)10-6-13-16(2)15-10/h3-6H,1-2H3,(H,14,17)(H,18,19). The molecule has 19 heavy (non-hydrogen) atoms. The van der Waals surface area contributed by atoms with E-state index in [1.54, 1.807) is 20.0 Å². The Morgan fingerprint density at radius 2 is 2.11 bits per heavy atom. The predicted octanol–water partition coefficient (Wildman–Crippen LogP) is 1.07. The number of carbonyl (C=O) groups excluding carboxylic acids is 1. The zero-order valence-corrected chi connectivity index (χ0v) is 10.4. The number of carbonyl (C=O) groups is 2. The van der Waals surface area contributed by atoms with Crippen molar-refractivity contribution in [1.82, 2.24) is 15.0 Å². The van der Waals surface area contributed by atoms with E-state index in [-0.39, 0.29) is 11.3 Å². The number of carboxylic acids is 1. The lowest BCUT2D eigenvalue weighted by molar-refractivity contribution is 0.0696. The Morgan fingerprint density at radius 1 is 1.37 bits per heavy atom. The minimum absolute atomic E-state index is 0.197. The van der Waals surface area contributed by atoms with E-state index in [1.807, 2.05) is 0 Å². The van der Waals surface area contributed by atoms with Crippen molar-refractivity contribution in [2.24, 2.45) is 7.05 Å². The van der Waals surface area contributed by atoms with E-state index in [9.17, 15) is 9.59 Å². The molecule has 1 heterocycles. The van der Waals surface area contributed by atoms with Crippen LogP contribution in [0.2, 0.25) is 0 Å². The number of anilines is 1. The fraction of sp³-hybridized carbons (Fsp3) is 0.167. The van der Waals surface area contributed by atoms with E-state index >= 15 is 0 Å². The quantitative estimate of drug-likeness (QED) is 0.860. The molecule has 7 nitrogen and oxygen atoms in total. The Labute approximate surface area is 108 Å². The van der Waals surface area contributed by atoms with E-state index in [4.69, 9.17) is 5.11 Å². The van der Waals surface area contributed by atoms with Crippen LogP contribution in [0.15, 0.2) is 24.4 Å². The molecular formula is C12H12N4O3. The molecule has 0 unspecified atom stereocenters. The number of amides is 1. The van der Waals surface area contributed by atoms with Gasteiger partial charge in [-0.3, -0.25) is 4.79 Å². The number of hydrogen-bond donors (Lipinski definition) is 2. The summed E-state index contributed by atoms with van der Waals surface area (Å²) in [4.78, 5) is 24.0. The van der Waals surface area contributed by atoms with Crippen molar-refractivity contribution < 1.29 is 14.7 Å². The Balaban J connectivity index is 2.18. The second kappa shape index (κ2) is 4.89. The van der Waals surface area contributed by atoms with Crippen molar-refractivity contribution >= 4 is 17.6 Å². The fourth-order valence-electron chi connectivity index (χ4n) is 1.63. The fourth-order valence-corrected chi connectivity index (χ4v) is 1.63. The van der Waals surface area contributed by atoms with Crippen LogP contribution in [0.3, 0.4) is 0 Å². The van der Waals surface area contributed by atoms with Crippen molar-refractivity contribution in [3.05, 3.63) is 41.2 Å². The van der Waals surface area contributed by atoms with Crippen LogP contribution in [0, 0.1) is 6.92 Å². The molecule has 0 saturated heterocycles. The Kier molecular flexibility index (Phi) is 3.28. The summed E-state index contributed by atoms with van der Waals surface area (Å²) < 4.78 is 0. The molecule has 7 heteroatoms. The predicted molar refractivity (Wildman–Crippen MR) is 67.1 cm³/mol. The molecule has 1 amide bonds. The van der Waals surface area contributed by atoms with E-state index in [0.29, 0.717) is 11.3 Å². The second-order valence-corrected chi connectivity index (χ2v) is 4.01. The minimum atomic E-state index is -0.996. The highest BCUT2D eigenvalue weighted by Gasteiger charge is 2.12. The summed E-state index contributed by atoms with van der Waals surface area (Å²) in [5.74, 6) is -1.39. The molecular weight excluding hydrogens is 248 g/mol. The van der Waals surface area contributed by atoms with E-state index in [2.05, 4.69) is 15.5 Å². The molecule has 2 aromatic rings. The van der Waals surface area contributed by atoms with Crippen LogP contribution in [0.1, 0.15) is 26.4 Å². The Bertz CT molecular complexity index is 648. The highest BCUT2D eigenvalue weighted by molar-refractivity contribution is 6.03. The summed E-state index contributed by atoms with van der Waals surface area (Å²) in [6, 6.07) is 4.58. The van der Waals surface area contributed by atoms with Crippen LogP contribution in [-0.4, -0.2) is 32.0 Å². The molecule has 0 atom stereocenters. The largest absolute Gasteiger partial charge is 0.478 e. The summed E-state index contributed by atoms with van der Waals surface area (Å²) in [6.45, 7) is 1.67. The molecule has 0 aliphatic carbocycles. The number of nitrogens with zero attached hydrogens (tertiary/aromatic N) is 3. The van der Waals surface area contributed by atoms with Crippen LogP contribution in [-0.2, 0) is 7.05 Å².